The molecule has 0 radical (unpaired) electrons. The molecule has 0 aliphatic carbocycles. The van der Waals surface area contributed by atoms with Gasteiger partial charge in [0.05, 0.1) is 16.4 Å². The normalized spacial score (nSPS) is 10.4. The zero-order valence-electron chi connectivity index (χ0n) is 7.74. The number of anilines is 1. The van der Waals surface area contributed by atoms with Gasteiger partial charge in [-0.05, 0) is 34.5 Å². The van der Waals surface area contributed by atoms with Gasteiger partial charge in [0.25, 0.3) is 0 Å². The highest BCUT2D eigenvalue weighted by molar-refractivity contribution is 9.10. The molecule has 1 heterocycles. The van der Waals surface area contributed by atoms with E-state index >= 15 is 0 Å². The van der Waals surface area contributed by atoms with Crippen LogP contribution in [0.25, 0.3) is 5.69 Å². The molecular formula is C10H10BrN3. The molecule has 0 spiro atoms. The van der Waals surface area contributed by atoms with Crippen molar-refractivity contribution in [3.05, 3.63) is 40.5 Å². The van der Waals surface area contributed by atoms with Gasteiger partial charge in [0, 0.05) is 0 Å². The Labute approximate surface area is 90.7 Å². The van der Waals surface area contributed by atoms with Crippen LogP contribution in [0.3, 0.4) is 0 Å². The second kappa shape index (κ2) is 3.46. The van der Waals surface area contributed by atoms with Gasteiger partial charge < -0.3 is 5.73 Å². The number of aromatic nitrogens is 2. The molecular weight excluding hydrogens is 242 g/mol. The van der Waals surface area contributed by atoms with Gasteiger partial charge in [-0.15, -0.1) is 0 Å². The maximum Gasteiger partial charge on any atom is 0.141 e. The van der Waals surface area contributed by atoms with Crippen molar-refractivity contribution in [3.63, 3.8) is 0 Å². The van der Waals surface area contributed by atoms with Crippen molar-refractivity contribution in [2.45, 2.75) is 6.92 Å². The molecule has 0 bridgehead atoms. The molecule has 0 saturated carbocycles. The minimum atomic E-state index is 0.624. The lowest BCUT2D eigenvalue weighted by Gasteiger charge is -2.06. The quantitative estimate of drug-likeness (QED) is 0.847. The van der Waals surface area contributed by atoms with Crippen molar-refractivity contribution in [1.82, 2.24) is 9.78 Å². The van der Waals surface area contributed by atoms with E-state index in [0.29, 0.717) is 5.82 Å². The summed E-state index contributed by atoms with van der Waals surface area (Å²) in [6.45, 7) is 2.03. The Morgan fingerprint density at radius 1 is 1.36 bits per heavy atom. The fraction of sp³-hybridized carbons (Fsp3) is 0.100. The molecule has 2 rings (SSSR count). The zero-order valence-corrected chi connectivity index (χ0v) is 9.32. The Morgan fingerprint density at radius 3 is 2.64 bits per heavy atom. The monoisotopic (exact) mass is 251 g/mol. The van der Waals surface area contributed by atoms with Crippen molar-refractivity contribution in [2.75, 3.05) is 5.73 Å². The molecule has 0 aliphatic rings. The third-order valence-corrected chi connectivity index (χ3v) is 2.71. The van der Waals surface area contributed by atoms with Crippen LogP contribution in [-0.4, -0.2) is 9.78 Å². The van der Waals surface area contributed by atoms with Gasteiger partial charge in [0.2, 0.25) is 0 Å². The van der Waals surface area contributed by atoms with Crippen molar-refractivity contribution in [1.29, 1.82) is 0 Å². The summed E-state index contributed by atoms with van der Waals surface area (Å²) in [5.74, 6) is 0.624. The van der Waals surface area contributed by atoms with Gasteiger partial charge in [0.15, 0.2) is 0 Å². The van der Waals surface area contributed by atoms with E-state index in [2.05, 4.69) is 21.0 Å². The number of nitrogens with two attached hydrogens (primary N) is 1. The van der Waals surface area contributed by atoms with Crippen LogP contribution in [0.2, 0.25) is 0 Å². The second-order valence-corrected chi connectivity index (χ2v) is 3.93. The Morgan fingerprint density at radius 2 is 2.07 bits per heavy atom. The largest absolute Gasteiger partial charge is 0.383 e. The van der Waals surface area contributed by atoms with Gasteiger partial charge in [-0.1, -0.05) is 18.2 Å². The van der Waals surface area contributed by atoms with Gasteiger partial charge in [-0.25, -0.2) is 4.68 Å². The molecule has 72 valence electrons. The first kappa shape index (κ1) is 9.27. The summed E-state index contributed by atoms with van der Waals surface area (Å²) >= 11 is 3.33. The Balaban J connectivity index is 2.60. The summed E-state index contributed by atoms with van der Waals surface area (Å²) in [4.78, 5) is 0. The SMILES string of the molecule is Cc1ccccc1-n1ncc(Br)c1N. The maximum atomic E-state index is 5.86. The minimum absolute atomic E-state index is 0.624. The van der Waals surface area contributed by atoms with Gasteiger partial charge in [-0.2, -0.15) is 5.10 Å². The molecule has 1 aromatic carbocycles. The van der Waals surface area contributed by atoms with E-state index < -0.39 is 0 Å². The summed E-state index contributed by atoms with van der Waals surface area (Å²) in [5, 5.41) is 4.19. The molecule has 4 heteroatoms. The van der Waals surface area contributed by atoms with Crippen LogP contribution >= 0.6 is 15.9 Å². The smallest absolute Gasteiger partial charge is 0.141 e. The first-order chi connectivity index (χ1) is 6.70. The van der Waals surface area contributed by atoms with Crippen molar-refractivity contribution in [3.8, 4) is 5.69 Å². The highest BCUT2D eigenvalue weighted by Gasteiger charge is 2.07. The van der Waals surface area contributed by atoms with E-state index in [1.807, 2.05) is 31.2 Å². The average Bonchev–Trinajstić information content (AvgIpc) is 2.49. The molecule has 3 nitrogen and oxygen atoms in total. The summed E-state index contributed by atoms with van der Waals surface area (Å²) in [6, 6.07) is 7.99. The van der Waals surface area contributed by atoms with E-state index in [1.54, 1.807) is 10.9 Å². The number of rotatable bonds is 1. The second-order valence-electron chi connectivity index (χ2n) is 3.08. The van der Waals surface area contributed by atoms with Crippen LogP contribution < -0.4 is 5.73 Å². The maximum absolute atomic E-state index is 5.86. The molecule has 1 aromatic heterocycles. The Kier molecular flexibility index (Phi) is 2.29. The number of halogens is 1. The Bertz CT molecular complexity index is 462. The molecule has 2 aromatic rings. The van der Waals surface area contributed by atoms with Gasteiger partial charge in [0.1, 0.15) is 5.82 Å². The molecule has 0 amide bonds. The molecule has 0 unspecified atom stereocenters. The van der Waals surface area contributed by atoms with Crippen LogP contribution in [0.5, 0.6) is 0 Å². The number of hydrogen-bond acceptors (Lipinski definition) is 2. The van der Waals surface area contributed by atoms with Crippen molar-refractivity contribution >= 4 is 21.7 Å². The van der Waals surface area contributed by atoms with Crippen LogP contribution in [0.1, 0.15) is 5.56 Å². The third kappa shape index (κ3) is 1.42. The van der Waals surface area contributed by atoms with E-state index in [0.717, 1.165) is 15.7 Å². The topological polar surface area (TPSA) is 43.8 Å². The van der Waals surface area contributed by atoms with Crippen LogP contribution in [0, 0.1) is 6.92 Å². The standard InChI is InChI=1S/C10H10BrN3/c1-7-4-2-3-5-9(7)14-10(12)8(11)6-13-14/h2-6H,12H2,1H3. The number of para-hydroxylation sites is 1. The van der Waals surface area contributed by atoms with Crippen molar-refractivity contribution < 1.29 is 0 Å². The predicted octanol–water partition coefficient (Wildman–Crippen LogP) is 2.53. The highest BCUT2D eigenvalue weighted by Crippen LogP contribution is 2.23. The van der Waals surface area contributed by atoms with Gasteiger partial charge >= 0.3 is 0 Å². The summed E-state index contributed by atoms with van der Waals surface area (Å²) in [6.07, 6.45) is 1.70. The number of nitrogen functional groups attached to an aromatic ring is 1. The molecule has 14 heavy (non-hydrogen) atoms. The lowest BCUT2D eigenvalue weighted by atomic mass is 10.2. The zero-order chi connectivity index (χ0) is 10.1. The van der Waals surface area contributed by atoms with Gasteiger partial charge in [-0.3, -0.25) is 0 Å². The number of aryl methyl sites for hydroxylation is 1. The van der Waals surface area contributed by atoms with Crippen molar-refractivity contribution in [2.24, 2.45) is 0 Å². The number of hydrogen-bond donors (Lipinski definition) is 1. The first-order valence-electron chi connectivity index (χ1n) is 4.25. The molecule has 0 aliphatic heterocycles. The molecule has 0 atom stereocenters. The average molecular weight is 252 g/mol. The highest BCUT2D eigenvalue weighted by atomic mass is 79.9. The van der Waals surface area contributed by atoms with E-state index in [1.165, 1.54) is 0 Å². The van der Waals surface area contributed by atoms with E-state index in [-0.39, 0.29) is 0 Å². The number of nitrogens with zero attached hydrogens (tertiary/aromatic N) is 2. The van der Waals surface area contributed by atoms with Crippen LogP contribution in [-0.2, 0) is 0 Å². The fourth-order valence-electron chi connectivity index (χ4n) is 1.33. The Hall–Kier alpha value is -1.29. The van der Waals surface area contributed by atoms with Crippen LogP contribution in [0.15, 0.2) is 34.9 Å². The third-order valence-electron chi connectivity index (χ3n) is 2.10. The summed E-state index contributed by atoms with van der Waals surface area (Å²) < 4.78 is 2.54. The predicted molar refractivity (Wildman–Crippen MR) is 60.4 cm³/mol. The minimum Gasteiger partial charge on any atom is -0.383 e. The molecule has 0 saturated heterocycles. The van der Waals surface area contributed by atoms with E-state index in [9.17, 15) is 0 Å². The molecule has 2 N–H and O–H groups in total. The summed E-state index contributed by atoms with van der Waals surface area (Å²) in [5.41, 5.74) is 8.01. The summed E-state index contributed by atoms with van der Waals surface area (Å²) in [7, 11) is 0. The van der Waals surface area contributed by atoms with Crippen LogP contribution in [0.4, 0.5) is 5.82 Å². The number of benzene rings is 1. The lowest BCUT2D eigenvalue weighted by molar-refractivity contribution is 0.883. The first-order valence-corrected chi connectivity index (χ1v) is 5.04. The molecule has 0 fully saturated rings. The van der Waals surface area contributed by atoms with E-state index in [4.69, 9.17) is 5.73 Å². The lowest BCUT2D eigenvalue weighted by Crippen LogP contribution is -2.03. The fourth-order valence-corrected chi connectivity index (χ4v) is 1.59.